The largest absolute Gasteiger partial charge is 0.371 e. The first-order valence-electron chi connectivity index (χ1n) is 7.17. The van der Waals surface area contributed by atoms with Crippen LogP contribution in [-0.2, 0) is 4.74 Å². The van der Waals surface area contributed by atoms with Crippen LogP contribution in [0.15, 0.2) is 42.5 Å². The van der Waals surface area contributed by atoms with Gasteiger partial charge in [0.25, 0.3) is 0 Å². The van der Waals surface area contributed by atoms with Crippen LogP contribution in [0.5, 0.6) is 0 Å². The average molecular weight is 300 g/mol. The van der Waals surface area contributed by atoms with Crippen LogP contribution in [0.3, 0.4) is 0 Å². The van der Waals surface area contributed by atoms with E-state index in [1.165, 1.54) is 12.1 Å². The summed E-state index contributed by atoms with van der Waals surface area (Å²) in [7, 11) is 0. The Balaban J connectivity index is 2.04. The third kappa shape index (κ3) is 3.00. The summed E-state index contributed by atoms with van der Waals surface area (Å²) in [5.41, 5.74) is 7.78. The summed E-state index contributed by atoms with van der Waals surface area (Å²) in [6.07, 6.45) is -0.191. The lowest BCUT2D eigenvalue weighted by Crippen LogP contribution is -2.33. The lowest BCUT2D eigenvalue weighted by atomic mass is 9.96. The maximum Gasteiger partial charge on any atom is 0.249 e. The molecule has 0 radical (unpaired) electrons. The number of primary amides is 1. The van der Waals surface area contributed by atoms with Gasteiger partial charge < -0.3 is 15.8 Å². The molecule has 5 heteroatoms. The topological polar surface area (TPSA) is 64.4 Å². The van der Waals surface area contributed by atoms with Gasteiger partial charge in [-0.15, -0.1) is 0 Å². The average Bonchev–Trinajstić information content (AvgIpc) is 2.55. The predicted octanol–water partition coefficient (Wildman–Crippen LogP) is 2.25. The monoisotopic (exact) mass is 300 g/mol. The molecule has 22 heavy (non-hydrogen) atoms. The number of carbonyl (C=O) groups is 1. The standard InChI is InChI=1S/C17H17FN2O2/c18-13-8-11(14-3-1-2-4-15(14)17(19)21)7-12(9-13)16-10-20-5-6-22-16/h1-4,7-9,16,20H,5-6,10H2,(H2,19,21). The summed E-state index contributed by atoms with van der Waals surface area (Å²) in [6, 6.07) is 11.7. The van der Waals surface area contributed by atoms with Gasteiger partial charge in [-0.05, 0) is 41.0 Å². The molecule has 1 aliphatic heterocycles. The van der Waals surface area contributed by atoms with Crippen molar-refractivity contribution in [1.29, 1.82) is 0 Å². The Bertz CT molecular complexity index is 697. The maximum atomic E-state index is 14.0. The number of nitrogens with one attached hydrogen (secondary N) is 1. The van der Waals surface area contributed by atoms with Crippen molar-refractivity contribution in [2.75, 3.05) is 19.7 Å². The Morgan fingerprint density at radius 2 is 2.09 bits per heavy atom. The first-order valence-corrected chi connectivity index (χ1v) is 7.17. The maximum absolute atomic E-state index is 14.0. The molecular weight excluding hydrogens is 283 g/mol. The van der Waals surface area contributed by atoms with Crippen LogP contribution in [0, 0.1) is 5.82 Å². The van der Waals surface area contributed by atoms with Crippen molar-refractivity contribution >= 4 is 5.91 Å². The number of halogens is 1. The van der Waals surface area contributed by atoms with Crippen LogP contribution in [0.2, 0.25) is 0 Å². The van der Waals surface area contributed by atoms with Gasteiger partial charge in [0.05, 0.1) is 12.7 Å². The van der Waals surface area contributed by atoms with Crippen molar-refractivity contribution in [3.63, 3.8) is 0 Å². The Morgan fingerprint density at radius 3 is 2.82 bits per heavy atom. The molecule has 1 atom stereocenters. The SMILES string of the molecule is NC(=O)c1ccccc1-c1cc(F)cc(C2CNCCO2)c1. The molecule has 1 unspecified atom stereocenters. The number of rotatable bonds is 3. The van der Waals surface area contributed by atoms with Gasteiger partial charge in [0, 0.05) is 18.7 Å². The summed E-state index contributed by atoms with van der Waals surface area (Å²) in [6.45, 7) is 2.03. The second-order valence-corrected chi connectivity index (χ2v) is 5.25. The third-order valence-corrected chi connectivity index (χ3v) is 3.72. The van der Waals surface area contributed by atoms with Crippen molar-refractivity contribution < 1.29 is 13.9 Å². The Labute approximate surface area is 128 Å². The number of hydrogen-bond donors (Lipinski definition) is 2. The van der Waals surface area contributed by atoms with E-state index in [1.54, 1.807) is 24.3 Å². The Kier molecular flexibility index (Phi) is 4.18. The zero-order chi connectivity index (χ0) is 15.5. The molecule has 3 N–H and O–H groups in total. The fraction of sp³-hybridized carbons (Fsp3) is 0.235. The molecule has 1 heterocycles. The van der Waals surface area contributed by atoms with Crippen LogP contribution in [0.4, 0.5) is 4.39 Å². The van der Waals surface area contributed by atoms with Crippen molar-refractivity contribution in [1.82, 2.24) is 5.32 Å². The number of morpholine rings is 1. The first kappa shape index (κ1) is 14.7. The molecule has 1 aliphatic rings. The van der Waals surface area contributed by atoms with Gasteiger partial charge in [-0.2, -0.15) is 0 Å². The van der Waals surface area contributed by atoms with Crippen molar-refractivity contribution in [2.45, 2.75) is 6.10 Å². The van der Waals surface area contributed by atoms with E-state index in [0.29, 0.717) is 29.8 Å². The van der Waals surface area contributed by atoms with Gasteiger partial charge in [-0.1, -0.05) is 18.2 Å². The third-order valence-electron chi connectivity index (χ3n) is 3.72. The highest BCUT2D eigenvalue weighted by atomic mass is 19.1. The zero-order valence-electron chi connectivity index (χ0n) is 12.0. The number of ether oxygens (including phenoxy) is 1. The van der Waals surface area contributed by atoms with Gasteiger partial charge in [0.1, 0.15) is 5.82 Å². The van der Waals surface area contributed by atoms with E-state index in [-0.39, 0.29) is 11.9 Å². The minimum Gasteiger partial charge on any atom is -0.371 e. The second-order valence-electron chi connectivity index (χ2n) is 5.25. The molecule has 1 saturated heterocycles. The summed E-state index contributed by atoms with van der Waals surface area (Å²) in [4.78, 5) is 11.6. The number of carbonyl (C=O) groups excluding carboxylic acids is 1. The highest BCUT2D eigenvalue weighted by Gasteiger charge is 2.18. The fourth-order valence-corrected chi connectivity index (χ4v) is 2.68. The summed E-state index contributed by atoms with van der Waals surface area (Å²) >= 11 is 0. The van der Waals surface area contributed by atoms with E-state index in [1.807, 2.05) is 6.07 Å². The smallest absolute Gasteiger partial charge is 0.249 e. The Morgan fingerprint density at radius 1 is 1.27 bits per heavy atom. The Hall–Kier alpha value is -2.24. The molecule has 0 bridgehead atoms. The molecular formula is C17H17FN2O2. The van der Waals surface area contributed by atoms with E-state index >= 15 is 0 Å². The summed E-state index contributed by atoms with van der Waals surface area (Å²) in [5, 5.41) is 3.22. The fourth-order valence-electron chi connectivity index (χ4n) is 2.68. The van der Waals surface area contributed by atoms with Crippen LogP contribution in [0.1, 0.15) is 22.0 Å². The highest BCUT2D eigenvalue weighted by Crippen LogP contribution is 2.29. The molecule has 2 aromatic carbocycles. The van der Waals surface area contributed by atoms with Crippen molar-refractivity contribution in [3.05, 3.63) is 59.4 Å². The molecule has 1 fully saturated rings. The van der Waals surface area contributed by atoms with E-state index in [0.717, 1.165) is 12.1 Å². The molecule has 0 aromatic heterocycles. The van der Waals surface area contributed by atoms with Gasteiger partial charge >= 0.3 is 0 Å². The van der Waals surface area contributed by atoms with Gasteiger partial charge in [0.2, 0.25) is 5.91 Å². The van der Waals surface area contributed by atoms with Crippen molar-refractivity contribution in [3.8, 4) is 11.1 Å². The molecule has 2 aromatic rings. The number of benzene rings is 2. The van der Waals surface area contributed by atoms with Crippen molar-refractivity contribution in [2.24, 2.45) is 5.73 Å². The second kappa shape index (κ2) is 6.25. The van der Waals surface area contributed by atoms with Gasteiger partial charge in [0.15, 0.2) is 0 Å². The van der Waals surface area contributed by atoms with E-state index in [2.05, 4.69) is 5.32 Å². The predicted molar refractivity (Wildman–Crippen MR) is 81.9 cm³/mol. The lowest BCUT2D eigenvalue weighted by molar-refractivity contribution is 0.0275. The van der Waals surface area contributed by atoms with E-state index < -0.39 is 5.91 Å². The normalized spacial score (nSPS) is 18.1. The highest BCUT2D eigenvalue weighted by molar-refractivity contribution is 5.99. The first-order chi connectivity index (χ1) is 10.6. The van der Waals surface area contributed by atoms with Gasteiger partial charge in [-0.25, -0.2) is 4.39 Å². The minimum atomic E-state index is -0.531. The number of nitrogens with two attached hydrogens (primary N) is 1. The van der Waals surface area contributed by atoms with E-state index in [9.17, 15) is 9.18 Å². The molecule has 4 nitrogen and oxygen atoms in total. The van der Waals surface area contributed by atoms with Crippen LogP contribution < -0.4 is 11.1 Å². The van der Waals surface area contributed by atoms with Crippen LogP contribution in [0.25, 0.3) is 11.1 Å². The molecule has 0 spiro atoms. The summed E-state index contributed by atoms with van der Waals surface area (Å²) in [5.74, 6) is -0.891. The quantitative estimate of drug-likeness (QED) is 0.914. The minimum absolute atomic E-state index is 0.191. The zero-order valence-corrected chi connectivity index (χ0v) is 12.0. The number of amides is 1. The molecule has 114 valence electrons. The summed E-state index contributed by atoms with van der Waals surface area (Å²) < 4.78 is 19.7. The molecule has 1 amide bonds. The van der Waals surface area contributed by atoms with Crippen LogP contribution in [-0.4, -0.2) is 25.6 Å². The van der Waals surface area contributed by atoms with Crippen LogP contribution >= 0.6 is 0 Å². The molecule has 0 aliphatic carbocycles. The molecule has 3 rings (SSSR count). The van der Waals surface area contributed by atoms with E-state index in [4.69, 9.17) is 10.5 Å². The van der Waals surface area contributed by atoms with Gasteiger partial charge in [-0.3, -0.25) is 4.79 Å². The lowest BCUT2D eigenvalue weighted by Gasteiger charge is -2.24. The molecule has 0 saturated carbocycles. The number of hydrogen-bond acceptors (Lipinski definition) is 3.